The number of morpholine rings is 1. The fraction of sp³-hybridized carbons (Fsp3) is 0.850. The Bertz CT molecular complexity index is 620. The maximum Gasteiger partial charge on any atom is 0.191 e. The van der Waals surface area contributed by atoms with Crippen molar-refractivity contribution in [1.82, 2.24) is 35.2 Å². The van der Waals surface area contributed by atoms with Gasteiger partial charge in [0, 0.05) is 58.4 Å². The molecule has 174 valence electrons. The highest BCUT2D eigenvalue weighted by molar-refractivity contribution is 14.0. The van der Waals surface area contributed by atoms with Crippen LogP contribution in [0.5, 0.6) is 0 Å². The quantitative estimate of drug-likeness (QED) is 0.265. The van der Waals surface area contributed by atoms with Gasteiger partial charge in [-0.05, 0) is 34.6 Å². The Morgan fingerprint density at radius 2 is 1.73 bits per heavy atom. The van der Waals surface area contributed by atoms with Crippen molar-refractivity contribution in [1.29, 1.82) is 0 Å². The first kappa shape index (κ1) is 27.1. The van der Waals surface area contributed by atoms with Crippen LogP contribution in [0.3, 0.4) is 0 Å². The molecule has 1 aliphatic heterocycles. The first-order valence-corrected chi connectivity index (χ1v) is 10.8. The van der Waals surface area contributed by atoms with Crippen molar-refractivity contribution in [2.45, 2.75) is 53.2 Å². The third kappa shape index (κ3) is 9.03. The van der Waals surface area contributed by atoms with Crippen LogP contribution in [0.2, 0.25) is 0 Å². The monoisotopic (exact) mass is 536 g/mol. The van der Waals surface area contributed by atoms with Crippen molar-refractivity contribution in [3.63, 3.8) is 0 Å². The number of rotatable bonds is 10. The van der Waals surface area contributed by atoms with Gasteiger partial charge in [0.2, 0.25) is 0 Å². The summed E-state index contributed by atoms with van der Waals surface area (Å²) in [5.41, 5.74) is 0. The van der Waals surface area contributed by atoms with Gasteiger partial charge in [0.1, 0.15) is 12.4 Å². The lowest BCUT2D eigenvalue weighted by Gasteiger charge is -2.30. The molecular weight excluding hydrogens is 495 g/mol. The number of aliphatic imine (C=N–C) groups is 1. The van der Waals surface area contributed by atoms with E-state index in [0.29, 0.717) is 18.6 Å². The van der Waals surface area contributed by atoms with E-state index in [1.54, 1.807) is 0 Å². The summed E-state index contributed by atoms with van der Waals surface area (Å²) in [6, 6.07) is 1.04. The summed E-state index contributed by atoms with van der Waals surface area (Å²) >= 11 is 0. The first-order valence-electron chi connectivity index (χ1n) is 10.8. The Balaban J connectivity index is 0.00000450. The molecule has 0 atom stereocenters. The number of ether oxygens (including phenoxy) is 1. The van der Waals surface area contributed by atoms with Crippen LogP contribution in [0.4, 0.5) is 0 Å². The number of aromatic nitrogens is 3. The molecule has 1 aromatic rings. The van der Waals surface area contributed by atoms with Gasteiger partial charge in [-0.1, -0.05) is 0 Å². The predicted molar refractivity (Wildman–Crippen MR) is 133 cm³/mol. The van der Waals surface area contributed by atoms with Crippen molar-refractivity contribution in [3.8, 4) is 0 Å². The number of hydrogen-bond donors (Lipinski definition) is 2. The van der Waals surface area contributed by atoms with Crippen molar-refractivity contribution >= 4 is 29.9 Å². The third-order valence-electron chi connectivity index (χ3n) is 5.37. The molecule has 0 aromatic carbocycles. The molecular formula is C20H41IN8O. The Labute approximate surface area is 199 Å². The normalized spacial score (nSPS) is 15.7. The molecule has 2 N–H and O–H groups in total. The number of nitrogens with zero attached hydrogens (tertiary/aromatic N) is 6. The number of nitrogens with one attached hydrogen (secondary N) is 2. The minimum Gasteiger partial charge on any atom is -0.379 e. The van der Waals surface area contributed by atoms with E-state index in [4.69, 9.17) is 9.73 Å². The Morgan fingerprint density at radius 3 is 2.30 bits per heavy atom. The van der Waals surface area contributed by atoms with Crippen LogP contribution in [0.15, 0.2) is 4.99 Å². The van der Waals surface area contributed by atoms with E-state index < -0.39 is 0 Å². The summed E-state index contributed by atoms with van der Waals surface area (Å²) in [5, 5.41) is 15.3. The maximum absolute atomic E-state index is 5.42. The van der Waals surface area contributed by atoms with Crippen molar-refractivity contribution in [2.24, 2.45) is 12.0 Å². The van der Waals surface area contributed by atoms with Gasteiger partial charge >= 0.3 is 0 Å². The van der Waals surface area contributed by atoms with E-state index in [1.165, 1.54) is 0 Å². The lowest BCUT2D eigenvalue weighted by molar-refractivity contribution is 0.0389. The fourth-order valence-electron chi connectivity index (χ4n) is 3.49. The zero-order valence-corrected chi connectivity index (χ0v) is 21.8. The zero-order chi connectivity index (χ0) is 21.2. The number of guanidine groups is 1. The average Bonchev–Trinajstić information content (AvgIpc) is 3.01. The summed E-state index contributed by atoms with van der Waals surface area (Å²) in [7, 11) is 1.97. The van der Waals surface area contributed by atoms with Gasteiger partial charge in [0.25, 0.3) is 0 Å². The summed E-state index contributed by atoms with van der Waals surface area (Å²) in [4.78, 5) is 9.64. The number of aryl methyl sites for hydroxylation is 1. The summed E-state index contributed by atoms with van der Waals surface area (Å²) in [6.45, 7) is 18.7. The highest BCUT2D eigenvalue weighted by Crippen LogP contribution is 2.03. The van der Waals surface area contributed by atoms with Crippen molar-refractivity contribution in [2.75, 3.05) is 52.5 Å². The molecule has 10 heteroatoms. The fourth-order valence-corrected chi connectivity index (χ4v) is 3.49. The molecule has 0 bridgehead atoms. The van der Waals surface area contributed by atoms with E-state index in [9.17, 15) is 0 Å². The van der Waals surface area contributed by atoms with E-state index in [1.807, 2.05) is 18.5 Å². The maximum atomic E-state index is 5.42. The van der Waals surface area contributed by atoms with Crippen molar-refractivity contribution in [3.05, 3.63) is 11.6 Å². The van der Waals surface area contributed by atoms with Gasteiger partial charge < -0.3 is 19.9 Å². The average molecular weight is 537 g/mol. The van der Waals surface area contributed by atoms with E-state index in [-0.39, 0.29) is 24.0 Å². The van der Waals surface area contributed by atoms with E-state index >= 15 is 0 Å². The molecule has 1 saturated heterocycles. The largest absolute Gasteiger partial charge is 0.379 e. The van der Waals surface area contributed by atoms with Gasteiger partial charge in [0.15, 0.2) is 11.8 Å². The molecule has 0 spiro atoms. The smallest absolute Gasteiger partial charge is 0.191 e. The first-order chi connectivity index (χ1) is 13.9. The van der Waals surface area contributed by atoms with Gasteiger partial charge in [-0.3, -0.25) is 9.80 Å². The molecule has 0 saturated carbocycles. The summed E-state index contributed by atoms with van der Waals surface area (Å²) in [5.74, 6) is 2.59. The molecule has 30 heavy (non-hydrogen) atoms. The topological polar surface area (TPSA) is 82.8 Å². The molecule has 0 amide bonds. The molecule has 9 nitrogen and oxygen atoms in total. The van der Waals surface area contributed by atoms with E-state index in [2.05, 4.69) is 58.3 Å². The zero-order valence-electron chi connectivity index (χ0n) is 19.5. The number of halogens is 1. The third-order valence-corrected chi connectivity index (χ3v) is 5.37. The highest BCUT2D eigenvalue weighted by Gasteiger charge is 2.14. The SMILES string of the molecule is Cc1nnc(CN=C(NCCN2CCOCC2)NCCN(C(C)C)C(C)C)n1C.I. The Hall–Kier alpha value is -0.980. The number of hydrogen-bond acceptors (Lipinski definition) is 6. The summed E-state index contributed by atoms with van der Waals surface area (Å²) in [6.07, 6.45) is 0. The lowest BCUT2D eigenvalue weighted by Crippen LogP contribution is -2.47. The van der Waals surface area contributed by atoms with Gasteiger partial charge in [0.05, 0.1) is 13.2 Å². The van der Waals surface area contributed by atoms with Crippen LogP contribution >= 0.6 is 24.0 Å². The van der Waals surface area contributed by atoms with Crippen LogP contribution in [0, 0.1) is 6.92 Å². The molecule has 0 unspecified atom stereocenters. The van der Waals surface area contributed by atoms with Gasteiger partial charge in [-0.15, -0.1) is 34.2 Å². The summed E-state index contributed by atoms with van der Waals surface area (Å²) < 4.78 is 7.40. The van der Waals surface area contributed by atoms with Crippen LogP contribution in [0.1, 0.15) is 39.3 Å². The van der Waals surface area contributed by atoms with Crippen LogP contribution < -0.4 is 10.6 Å². The molecule has 2 heterocycles. The Morgan fingerprint density at radius 1 is 1.10 bits per heavy atom. The van der Waals surface area contributed by atoms with Gasteiger partial charge in [-0.2, -0.15) is 0 Å². The van der Waals surface area contributed by atoms with Crippen molar-refractivity contribution < 1.29 is 4.74 Å². The second-order valence-electron chi connectivity index (χ2n) is 8.12. The molecule has 0 radical (unpaired) electrons. The minimum absolute atomic E-state index is 0. The van der Waals surface area contributed by atoms with Crippen LogP contribution in [-0.4, -0.2) is 95.1 Å². The Kier molecular flexibility index (Phi) is 12.8. The minimum atomic E-state index is 0. The highest BCUT2D eigenvalue weighted by atomic mass is 127. The molecule has 1 aromatic heterocycles. The lowest BCUT2D eigenvalue weighted by atomic mass is 10.2. The molecule has 1 aliphatic rings. The van der Waals surface area contributed by atoms with Crippen LogP contribution in [-0.2, 0) is 18.3 Å². The van der Waals surface area contributed by atoms with Gasteiger partial charge in [-0.25, -0.2) is 4.99 Å². The second-order valence-corrected chi connectivity index (χ2v) is 8.12. The molecule has 0 aliphatic carbocycles. The second kappa shape index (κ2) is 14.2. The molecule has 2 rings (SSSR count). The molecule has 1 fully saturated rings. The van der Waals surface area contributed by atoms with E-state index in [0.717, 1.165) is 70.1 Å². The van der Waals surface area contributed by atoms with Crippen LogP contribution in [0.25, 0.3) is 0 Å². The predicted octanol–water partition coefficient (Wildman–Crippen LogP) is 1.23. The standard InChI is InChI=1S/C20H40N8O.HI/c1-16(2)28(17(3)4)10-8-22-20(21-7-9-27-11-13-29-14-12-27)23-15-19-25-24-18(5)26(19)6;/h16-17H,7-15H2,1-6H3,(H2,21,22,23);1H.